The lowest BCUT2D eigenvalue weighted by atomic mass is 9.91. The number of hydrogen-bond acceptors (Lipinski definition) is 5. The lowest BCUT2D eigenvalue weighted by Gasteiger charge is -2.39. The molecule has 2 fully saturated rings. The van der Waals surface area contributed by atoms with Crippen LogP contribution >= 0.6 is 0 Å². The molecular formula is C18H24N4O2. The Morgan fingerprint density at radius 2 is 2.17 bits per heavy atom. The van der Waals surface area contributed by atoms with Crippen LogP contribution < -0.4 is 4.90 Å². The van der Waals surface area contributed by atoms with Crippen LogP contribution in [0, 0.1) is 17.2 Å². The lowest BCUT2D eigenvalue weighted by molar-refractivity contribution is -0.145. The lowest BCUT2D eigenvalue weighted by Crippen LogP contribution is -2.52. The molecule has 1 amide bonds. The summed E-state index contributed by atoms with van der Waals surface area (Å²) in [4.78, 5) is 21.1. The second kappa shape index (κ2) is 7.63. The Kier molecular flexibility index (Phi) is 5.31. The normalized spacial score (nSPS) is 24.5. The molecule has 0 saturated carbocycles. The SMILES string of the molecule is CC[C@H]1OCCC[C@@H]1C(=O)N1CCN(c2ccc(C#N)nc2)CC1. The first-order valence-electron chi connectivity index (χ1n) is 8.74. The minimum Gasteiger partial charge on any atom is -0.377 e. The first-order valence-corrected chi connectivity index (χ1v) is 8.74. The summed E-state index contributed by atoms with van der Waals surface area (Å²) in [5, 5.41) is 8.82. The maximum Gasteiger partial charge on any atom is 0.228 e. The minimum absolute atomic E-state index is 0.0203. The Morgan fingerprint density at radius 1 is 1.38 bits per heavy atom. The number of pyridine rings is 1. The van der Waals surface area contributed by atoms with Crippen molar-refractivity contribution in [2.24, 2.45) is 5.92 Å². The second-order valence-electron chi connectivity index (χ2n) is 6.39. The van der Waals surface area contributed by atoms with Gasteiger partial charge in [-0.15, -0.1) is 0 Å². The van der Waals surface area contributed by atoms with Crippen molar-refractivity contribution in [3.63, 3.8) is 0 Å². The highest BCUT2D eigenvalue weighted by Gasteiger charge is 2.34. The summed E-state index contributed by atoms with van der Waals surface area (Å²) < 4.78 is 5.77. The topological polar surface area (TPSA) is 69.5 Å². The summed E-state index contributed by atoms with van der Waals surface area (Å²) in [6.45, 7) is 5.92. The molecule has 1 aromatic heterocycles. The summed E-state index contributed by atoms with van der Waals surface area (Å²) in [5.41, 5.74) is 1.43. The van der Waals surface area contributed by atoms with Gasteiger partial charge in [0, 0.05) is 32.8 Å². The van der Waals surface area contributed by atoms with Gasteiger partial charge in [-0.25, -0.2) is 4.98 Å². The van der Waals surface area contributed by atoms with E-state index in [1.165, 1.54) is 0 Å². The molecule has 0 N–H and O–H groups in total. The van der Waals surface area contributed by atoms with Crippen molar-refractivity contribution < 1.29 is 9.53 Å². The number of hydrogen-bond donors (Lipinski definition) is 0. The number of ether oxygens (including phenoxy) is 1. The average molecular weight is 328 g/mol. The van der Waals surface area contributed by atoms with Crippen molar-refractivity contribution in [1.29, 1.82) is 5.26 Å². The highest BCUT2D eigenvalue weighted by atomic mass is 16.5. The van der Waals surface area contributed by atoms with Crippen molar-refractivity contribution in [3.05, 3.63) is 24.0 Å². The third-order valence-corrected chi connectivity index (χ3v) is 4.98. The molecule has 3 rings (SSSR count). The molecule has 2 atom stereocenters. The Hall–Kier alpha value is -2.13. The molecule has 3 heterocycles. The zero-order valence-corrected chi connectivity index (χ0v) is 14.1. The van der Waals surface area contributed by atoms with E-state index in [1.807, 2.05) is 17.0 Å². The van der Waals surface area contributed by atoms with Gasteiger partial charge in [-0.1, -0.05) is 6.92 Å². The van der Waals surface area contributed by atoms with Crippen LogP contribution in [0.25, 0.3) is 0 Å². The van der Waals surface area contributed by atoms with E-state index in [0.717, 1.165) is 57.7 Å². The Bertz CT molecular complexity index is 602. The molecule has 2 aliphatic rings. The number of nitriles is 1. The Balaban J connectivity index is 1.58. The first kappa shape index (κ1) is 16.7. The van der Waals surface area contributed by atoms with Crippen LogP contribution in [0.15, 0.2) is 18.3 Å². The van der Waals surface area contributed by atoms with Gasteiger partial charge in [-0.05, 0) is 31.4 Å². The zero-order valence-electron chi connectivity index (χ0n) is 14.1. The van der Waals surface area contributed by atoms with Crippen LogP contribution in [0.4, 0.5) is 5.69 Å². The van der Waals surface area contributed by atoms with E-state index < -0.39 is 0 Å². The highest BCUT2D eigenvalue weighted by Crippen LogP contribution is 2.26. The molecule has 2 aliphatic heterocycles. The van der Waals surface area contributed by atoms with E-state index in [-0.39, 0.29) is 17.9 Å². The molecule has 1 aromatic rings. The molecule has 6 heteroatoms. The molecule has 0 unspecified atom stereocenters. The summed E-state index contributed by atoms with van der Waals surface area (Å²) in [6.07, 6.45) is 4.62. The Labute approximate surface area is 143 Å². The van der Waals surface area contributed by atoms with Gasteiger partial charge in [0.15, 0.2) is 0 Å². The molecule has 0 aromatic carbocycles. The number of nitrogens with zero attached hydrogens (tertiary/aromatic N) is 4. The standard InChI is InChI=1S/C18H24N4O2/c1-2-17-16(4-3-11-24-17)18(23)22-9-7-21(8-10-22)15-6-5-14(12-19)20-13-15/h5-6,13,16-17H,2-4,7-11H2,1H3/t16-,17+/m0/s1. The number of anilines is 1. The number of carbonyl (C=O) groups is 1. The van der Waals surface area contributed by atoms with E-state index in [0.29, 0.717) is 5.69 Å². The minimum atomic E-state index is 0.0203. The van der Waals surface area contributed by atoms with E-state index >= 15 is 0 Å². The van der Waals surface area contributed by atoms with Gasteiger partial charge < -0.3 is 14.5 Å². The van der Waals surface area contributed by atoms with E-state index in [4.69, 9.17) is 10.00 Å². The number of aromatic nitrogens is 1. The molecule has 0 radical (unpaired) electrons. The van der Waals surface area contributed by atoms with Gasteiger partial charge >= 0.3 is 0 Å². The van der Waals surface area contributed by atoms with Crippen molar-refractivity contribution in [1.82, 2.24) is 9.88 Å². The fourth-order valence-corrected chi connectivity index (χ4v) is 3.58. The third kappa shape index (κ3) is 3.51. The maximum atomic E-state index is 12.8. The summed E-state index contributed by atoms with van der Waals surface area (Å²) in [6, 6.07) is 5.69. The molecule has 24 heavy (non-hydrogen) atoms. The largest absolute Gasteiger partial charge is 0.377 e. The summed E-state index contributed by atoms with van der Waals surface area (Å²) >= 11 is 0. The van der Waals surface area contributed by atoms with Crippen LogP contribution in [-0.2, 0) is 9.53 Å². The monoisotopic (exact) mass is 328 g/mol. The van der Waals surface area contributed by atoms with Crippen LogP contribution in [0.2, 0.25) is 0 Å². The predicted molar refractivity (Wildman–Crippen MR) is 90.5 cm³/mol. The molecule has 128 valence electrons. The molecular weight excluding hydrogens is 304 g/mol. The zero-order chi connectivity index (χ0) is 16.9. The molecule has 0 aliphatic carbocycles. The van der Waals surface area contributed by atoms with Crippen molar-refractivity contribution >= 4 is 11.6 Å². The van der Waals surface area contributed by atoms with Gasteiger partial charge in [0.2, 0.25) is 5.91 Å². The fraction of sp³-hybridized carbons (Fsp3) is 0.611. The fourth-order valence-electron chi connectivity index (χ4n) is 3.58. The highest BCUT2D eigenvalue weighted by molar-refractivity contribution is 5.80. The predicted octanol–water partition coefficient (Wildman–Crippen LogP) is 1.81. The number of piperazine rings is 1. The van der Waals surface area contributed by atoms with Gasteiger partial charge in [-0.2, -0.15) is 5.26 Å². The molecule has 0 spiro atoms. The van der Waals surface area contributed by atoms with Crippen LogP contribution in [0.5, 0.6) is 0 Å². The Morgan fingerprint density at radius 3 is 2.79 bits per heavy atom. The van der Waals surface area contributed by atoms with Gasteiger partial charge in [0.05, 0.1) is 23.9 Å². The van der Waals surface area contributed by atoms with Crippen LogP contribution in [0.1, 0.15) is 31.9 Å². The molecule has 6 nitrogen and oxygen atoms in total. The van der Waals surface area contributed by atoms with Crippen molar-refractivity contribution in [2.45, 2.75) is 32.3 Å². The molecule has 0 bridgehead atoms. The number of rotatable bonds is 3. The summed E-state index contributed by atoms with van der Waals surface area (Å²) in [5.74, 6) is 0.269. The van der Waals surface area contributed by atoms with Crippen molar-refractivity contribution in [2.75, 3.05) is 37.7 Å². The first-order chi connectivity index (χ1) is 11.7. The van der Waals surface area contributed by atoms with E-state index in [2.05, 4.69) is 16.8 Å². The number of amides is 1. The van der Waals surface area contributed by atoms with Crippen LogP contribution in [0.3, 0.4) is 0 Å². The molecule has 2 saturated heterocycles. The van der Waals surface area contributed by atoms with Crippen molar-refractivity contribution in [3.8, 4) is 6.07 Å². The van der Waals surface area contributed by atoms with Gasteiger partial charge in [-0.3, -0.25) is 4.79 Å². The second-order valence-corrected chi connectivity index (χ2v) is 6.39. The van der Waals surface area contributed by atoms with Gasteiger partial charge in [0.1, 0.15) is 11.8 Å². The van der Waals surface area contributed by atoms with Gasteiger partial charge in [0.25, 0.3) is 0 Å². The number of carbonyl (C=O) groups excluding carboxylic acids is 1. The summed E-state index contributed by atoms with van der Waals surface area (Å²) in [7, 11) is 0. The average Bonchev–Trinajstić information content (AvgIpc) is 2.67. The van der Waals surface area contributed by atoms with E-state index in [9.17, 15) is 4.79 Å². The quantitative estimate of drug-likeness (QED) is 0.846. The third-order valence-electron chi connectivity index (χ3n) is 4.98. The van der Waals surface area contributed by atoms with Crippen LogP contribution in [-0.4, -0.2) is 54.7 Å². The maximum absolute atomic E-state index is 12.8. The van der Waals surface area contributed by atoms with E-state index in [1.54, 1.807) is 12.3 Å². The smallest absolute Gasteiger partial charge is 0.228 e.